The zero-order valence-corrected chi connectivity index (χ0v) is 17.5. The van der Waals surface area contributed by atoms with Crippen LogP contribution in [0.5, 0.6) is 0 Å². The normalized spacial score (nSPS) is 33.6. The third kappa shape index (κ3) is 3.04. The van der Waals surface area contributed by atoms with Gasteiger partial charge in [-0.2, -0.15) is 0 Å². The third-order valence-corrected chi connectivity index (χ3v) is 8.45. The van der Waals surface area contributed by atoms with E-state index in [1.54, 1.807) is 4.90 Å². The van der Waals surface area contributed by atoms with E-state index in [1.807, 2.05) is 14.1 Å². The number of carbonyl (C=O) groups excluding carboxylic acids is 1. The zero-order chi connectivity index (χ0) is 19.3. The molecule has 3 fully saturated rings. The monoisotopic (exact) mass is 381 g/mol. The Bertz CT molecular complexity index is 737. The van der Waals surface area contributed by atoms with E-state index in [0.29, 0.717) is 5.41 Å². The van der Waals surface area contributed by atoms with E-state index < -0.39 is 0 Å². The highest BCUT2D eigenvalue weighted by atomic mass is 16.2. The fraction of sp³-hybridized carbons (Fsp3) is 0.708. The third-order valence-electron chi connectivity index (χ3n) is 8.45. The number of benzene rings is 1. The second-order valence-corrected chi connectivity index (χ2v) is 10.1. The zero-order valence-electron chi connectivity index (χ0n) is 17.5. The highest BCUT2D eigenvalue weighted by molar-refractivity contribution is 5.74. The Balaban J connectivity index is 1.32. The average Bonchev–Trinajstić information content (AvgIpc) is 3.34. The van der Waals surface area contributed by atoms with Crippen LogP contribution in [-0.2, 0) is 5.41 Å². The molecule has 1 aliphatic heterocycles. The number of hydrogen-bond donors (Lipinski definition) is 1. The van der Waals surface area contributed by atoms with Gasteiger partial charge in [0, 0.05) is 20.1 Å². The highest BCUT2D eigenvalue weighted by Gasteiger charge is 2.47. The molecule has 1 heterocycles. The number of amides is 2. The molecule has 2 amide bonds. The van der Waals surface area contributed by atoms with Crippen molar-refractivity contribution in [3.63, 3.8) is 0 Å². The molecule has 4 atom stereocenters. The van der Waals surface area contributed by atoms with Crippen LogP contribution in [0.2, 0.25) is 0 Å². The van der Waals surface area contributed by atoms with E-state index in [2.05, 4.69) is 34.5 Å². The van der Waals surface area contributed by atoms with E-state index in [1.165, 1.54) is 69.2 Å². The van der Waals surface area contributed by atoms with Crippen LogP contribution >= 0.6 is 0 Å². The Morgan fingerprint density at radius 3 is 2.54 bits per heavy atom. The van der Waals surface area contributed by atoms with Crippen molar-refractivity contribution in [2.75, 3.05) is 27.2 Å². The number of fused-ring (bicyclic) bond motifs is 4. The lowest BCUT2D eigenvalue weighted by Gasteiger charge is -2.49. The van der Waals surface area contributed by atoms with Gasteiger partial charge in [-0.05, 0) is 86.4 Å². The molecule has 2 saturated carbocycles. The quantitative estimate of drug-likeness (QED) is 0.828. The number of nitrogens with zero attached hydrogens (tertiary/aromatic N) is 2. The largest absolute Gasteiger partial charge is 0.331 e. The van der Waals surface area contributed by atoms with Crippen LogP contribution in [0.3, 0.4) is 0 Å². The van der Waals surface area contributed by atoms with Crippen LogP contribution in [0.4, 0.5) is 4.79 Å². The topological polar surface area (TPSA) is 35.6 Å². The van der Waals surface area contributed by atoms with E-state index in [9.17, 15) is 4.79 Å². The van der Waals surface area contributed by atoms with Gasteiger partial charge in [-0.3, -0.25) is 0 Å². The fourth-order valence-corrected chi connectivity index (χ4v) is 6.88. The Morgan fingerprint density at radius 1 is 1.07 bits per heavy atom. The highest BCUT2D eigenvalue weighted by Crippen LogP contribution is 2.51. The molecule has 1 aromatic carbocycles. The first-order valence-electron chi connectivity index (χ1n) is 11.4. The van der Waals surface area contributed by atoms with Crippen LogP contribution < -0.4 is 5.32 Å². The van der Waals surface area contributed by atoms with Crippen molar-refractivity contribution >= 4 is 6.03 Å². The van der Waals surface area contributed by atoms with Gasteiger partial charge in [-0.15, -0.1) is 0 Å². The molecular weight excluding hydrogens is 346 g/mol. The lowest BCUT2D eigenvalue weighted by Crippen LogP contribution is -2.50. The molecule has 0 radical (unpaired) electrons. The Labute approximate surface area is 169 Å². The minimum absolute atomic E-state index is 0.0156. The first-order valence-corrected chi connectivity index (χ1v) is 11.4. The minimum atomic E-state index is 0.0156. The first kappa shape index (κ1) is 18.5. The van der Waals surface area contributed by atoms with Gasteiger partial charge in [0.25, 0.3) is 0 Å². The molecule has 0 unspecified atom stereocenters. The van der Waals surface area contributed by atoms with Crippen LogP contribution in [0.15, 0.2) is 24.3 Å². The molecule has 0 aromatic heterocycles. The minimum Gasteiger partial charge on any atom is -0.331 e. The molecule has 4 heteroatoms. The summed E-state index contributed by atoms with van der Waals surface area (Å²) >= 11 is 0. The predicted octanol–water partition coefficient (Wildman–Crippen LogP) is 4.31. The standard InChI is InChI=1S/C24H35N3O/c1-26(2)23(28)25-21-9-10-24(20-6-4-3-5-19(20)21)11-13-27(14-12-24)22-16-17-7-8-18(22)15-17/h3-6,17-18,21-22H,7-16H2,1-2H3,(H,25,28)/t17-,18+,21+,22-/m1/s1. The summed E-state index contributed by atoms with van der Waals surface area (Å²) in [6, 6.07) is 9.97. The second-order valence-electron chi connectivity index (χ2n) is 10.1. The molecule has 1 N–H and O–H groups in total. The average molecular weight is 382 g/mol. The van der Waals surface area contributed by atoms with Gasteiger partial charge in [-0.1, -0.05) is 30.7 Å². The molecule has 1 aromatic rings. The van der Waals surface area contributed by atoms with Crippen molar-refractivity contribution in [2.45, 2.75) is 68.9 Å². The van der Waals surface area contributed by atoms with Crippen LogP contribution in [0.25, 0.3) is 0 Å². The maximum atomic E-state index is 12.2. The van der Waals surface area contributed by atoms with Crippen molar-refractivity contribution in [2.24, 2.45) is 11.8 Å². The van der Waals surface area contributed by atoms with Gasteiger partial charge in [0.2, 0.25) is 0 Å². The van der Waals surface area contributed by atoms with Gasteiger partial charge >= 0.3 is 6.03 Å². The molecule has 2 bridgehead atoms. The molecule has 5 rings (SSSR count). The van der Waals surface area contributed by atoms with Gasteiger partial charge in [-0.25, -0.2) is 4.79 Å². The molecular formula is C24H35N3O. The summed E-state index contributed by atoms with van der Waals surface area (Å²) in [5.41, 5.74) is 3.19. The number of carbonyl (C=O) groups is 1. The lowest BCUT2D eigenvalue weighted by molar-refractivity contribution is 0.0748. The maximum absolute atomic E-state index is 12.2. The summed E-state index contributed by atoms with van der Waals surface area (Å²) < 4.78 is 0. The number of hydrogen-bond acceptors (Lipinski definition) is 2. The summed E-state index contributed by atoms with van der Waals surface area (Å²) in [6.45, 7) is 2.52. The SMILES string of the molecule is CN(C)C(=O)N[C@H]1CCC2(CCN([C@@H]3C[C@@H]4CC[C@H]3C4)CC2)c2ccccc21. The number of urea groups is 1. The maximum Gasteiger partial charge on any atom is 0.317 e. The second kappa shape index (κ2) is 7.05. The molecule has 1 saturated heterocycles. The Hall–Kier alpha value is -1.55. The molecule has 3 aliphatic carbocycles. The number of nitrogens with one attached hydrogen (secondary N) is 1. The predicted molar refractivity (Wildman–Crippen MR) is 112 cm³/mol. The molecule has 28 heavy (non-hydrogen) atoms. The van der Waals surface area contributed by atoms with E-state index >= 15 is 0 Å². The van der Waals surface area contributed by atoms with Crippen LogP contribution in [0.1, 0.15) is 68.5 Å². The summed E-state index contributed by atoms with van der Waals surface area (Å²) in [6.07, 6.45) is 10.8. The van der Waals surface area contributed by atoms with Crippen molar-refractivity contribution < 1.29 is 4.79 Å². The summed E-state index contributed by atoms with van der Waals surface area (Å²) in [7, 11) is 3.63. The number of piperidine rings is 1. The van der Waals surface area contributed by atoms with Gasteiger partial charge in [0.1, 0.15) is 0 Å². The fourth-order valence-electron chi connectivity index (χ4n) is 6.88. The van der Waals surface area contributed by atoms with Gasteiger partial charge < -0.3 is 15.1 Å². The van der Waals surface area contributed by atoms with E-state index in [0.717, 1.165) is 24.3 Å². The lowest BCUT2D eigenvalue weighted by atomic mass is 9.63. The van der Waals surface area contributed by atoms with Crippen molar-refractivity contribution in [1.29, 1.82) is 0 Å². The van der Waals surface area contributed by atoms with Crippen molar-refractivity contribution in [3.8, 4) is 0 Å². The molecule has 152 valence electrons. The Morgan fingerprint density at radius 2 is 1.86 bits per heavy atom. The first-order chi connectivity index (χ1) is 13.6. The molecule has 4 nitrogen and oxygen atoms in total. The number of likely N-dealkylation sites (tertiary alicyclic amines) is 1. The van der Waals surface area contributed by atoms with Gasteiger partial charge in [0.05, 0.1) is 6.04 Å². The number of rotatable bonds is 2. The molecule has 4 aliphatic rings. The summed E-state index contributed by atoms with van der Waals surface area (Å²) in [4.78, 5) is 16.7. The van der Waals surface area contributed by atoms with Crippen LogP contribution in [0, 0.1) is 11.8 Å². The van der Waals surface area contributed by atoms with Gasteiger partial charge in [0.15, 0.2) is 0 Å². The smallest absolute Gasteiger partial charge is 0.317 e. The van der Waals surface area contributed by atoms with Crippen molar-refractivity contribution in [1.82, 2.24) is 15.1 Å². The molecule has 1 spiro atoms. The Kier molecular flexibility index (Phi) is 4.65. The summed E-state index contributed by atoms with van der Waals surface area (Å²) in [5.74, 6) is 2.02. The van der Waals surface area contributed by atoms with Crippen LogP contribution in [-0.4, -0.2) is 49.1 Å². The van der Waals surface area contributed by atoms with Crippen molar-refractivity contribution in [3.05, 3.63) is 35.4 Å². The van der Waals surface area contributed by atoms with E-state index in [4.69, 9.17) is 0 Å². The summed E-state index contributed by atoms with van der Waals surface area (Å²) in [5, 5.41) is 3.24. The van der Waals surface area contributed by atoms with E-state index in [-0.39, 0.29) is 12.1 Å².